The van der Waals surface area contributed by atoms with Crippen molar-refractivity contribution in [3.8, 4) is 0 Å². The van der Waals surface area contributed by atoms with Crippen molar-refractivity contribution in [2.75, 3.05) is 19.6 Å². The fourth-order valence-corrected chi connectivity index (χ4v) is 4.78. The van der Waals surface area contributed by atoms with Crippen LogP contribution in [-0.2, 0) is 10.2 Å². The van der Waals surface area contributed by atoms with Gasteiger partial charge in [-0.15, -0.1) is 11.3 Å². The molecule has 0 radical (unpaired) electrons. The number of carbonyl (C=O) groups is 1. The van der Waals surface area contributed by atoms with Gasteiger partial charge in [0.2, 0.25) is 5.91 Å². The van der Waals surface area contributed by atoms with Crippen LogP contribution in [-0.4, -0.2) is 25.5 Å². The van der Waals surface area contributed by atoms with E-state index in [-0.39, 0.29) is 17.2 Å². The third-order valence-electron chi connectivity index (χ3n) is 5.12. The van der Waals surface area contributed by atoms with Gasteiger partial charge in [-0.25, -0.2) is 0 Å². The minimum atomic E-state index is 0.169. The first kappa shape index (κ1) is 15.0. The van der Waals surface area contributed by atoms with Crippen LogP contribution in [0.5, 0.6) is 0 Å². The molecule has 2 fully saturated rings. The van der Waals surface area contributed by atoms with Crippen molar-refractivity contribution in [1.29, 1.82) is 0 Å². The van der Waals surface area contributed by atoms with Crippen molar-refractivity contribution >= 4 is 17.2 Å². The van der Waals surface area contributed by atoms with Crippen LogP contribution in [0.15, 0.2) is 17.5 Å². The van der Waals surface area contributed by atoms with Crippen LogP contribution in [0.3, 0.4) is 0 Å². The standard InChI is InChI=1S/C17H26N2OS/c20-16(14-6-4-10-18-12-14)19-13-17(8-2-1-3-9-17)15-7-5-11-21-15/h5,7,11,14,18H,1-4,6,8-10,12-13H2,(H,19,20). The van der Waals surface area contributed by atoms with Gasteiger partial charge >= 0.3 is 0 Å². The second kappa shape index (κ2) is 6.93. The summed E-state index contributed by atoms with van der Waals surface area (Å²) in [7, 11) is 0. The summed E-state index contributed by atoms with van der Waals surface area (Å²) in [6, 6.07) is 4.40. The van der Waals surface area contributed by atoms with E-state index in [9.17, 15) is 4.79 Å². The summed E-state index contributed by atoms with van der Waals surface area (Å²) in [4.78, 5) is 13.9. The summed E-state index contributed by atoms with van der Waals surface area (Å²) in [5, 5.41) is 8.78. The second-order valence-electron chi connectivity index (χ2n) is 6.58. The third-order valence-corrected chi connectivity index (χ3v) is 6.24. The lowest BCUT2D eigenvalue weighted by Crippen LogP contribution is -2.46. The van der Waals surface area contributed by atoms with Crippen LogP contribution in [0.1, 0.15) is 49.8 Å². The summed E-state index contributed by atoms with van der Waals surface area (Å²) >= 11 is 1.85. The van der Waals surface area contributed by atoms with Crippen LogP contribution in [0.4, 0.5) is 0 Å². The van der Waals surface area contributed by atoms with Crippen molar-refractivity contribution < 1.29 is 4.79 Å². The molecule has 4 heteroatoms. The molecule has 0 spiro atoms. The van der Waals surface area contributed by atoms with Gasteiger partial charge in [0.15, 0.2) is 0 Å². The molecule has 3 nitrogen and oxygen atoms in total. The highest BCUT2D eigenvalue weighted by molar-refractivity contribution is 7.10. The first-order valence-electron chi connectivity index (χ1n) is 8.33. The van der Waals surface area contributed by atoms with Gasteiger partial charge in [0.25, 0.3) is 0 Å². The second-order valence-corrected chi connectivity index (χ2v) is 7.53. The van der Waals surface area contributed by atoms with E-state index in [1.165, 1.54) is 37.0 Å². The molecular formula is C17H26N2OS. The van der Waals surface area contributed by atoms with Crippen molar-refractivity contribution in [2.45, 2.75) is 50.4 Å². The van der Waals surface area contributed by atoms with E-state index in [4.69, 9.17) is 0 Å². The van der Waals surface area contributed by atoms with Crippen molar-refractivity contribution in [3.63, 3.8) is 0 Å². The van der Waals surface area contributed by atoms with Gasteiger partial charge in [-0.3, -0.25) is 4.79 Å². The molecular weight excluding hydrogens is 280 g/mol. The van der Waals surface area contributed by atoms with Gasteiger partial charge in [0, 0.05) is 23.4 Å². The van der Waals surface area contributed by atoms with E-state index >= 15 is 0 Å². The first-order chi connectivity index (χ1) is 10.3. The highest BCUT2D eigenvalue weighted by Crippen LogP contribution is 2.41. The summed E-state index contributed by atoms with van der Waals surface area (Å²) < 4.78 is 0. The summed E-state index contributed by atoms with van der Waals surface area (Å²) in [6.45, 7) is 2.73. The van der Waals surface area contributed by atoms with Crippen LogP contribution in [0.2, 0.25) is 0 Å². The molecule has 1 aromatic rings. The van der Waals surface area contributed by atoms with Crippen LogP contribution in [0.25, 0.3) is 0 Å². The number of rotatable bonds is 4. The van der Waals surface area contributed by atoms with Crippen LogP contribution < -0.4 is 10.6 Å². The molecule has 1 amide bonds. The van der Waals surface area contributed by atoms with Crippen molar-refractivity contribution in [1.82, 2.24) is 10.6 Å². The predicted molar refractivity (Wildman–Crippen MR) is 87.7 cm³/mol. The number of thiophene rings is 1. The lowest BCUT2D eigenvalue weighted by Gasteiger charge is -2.37. The summed E-state index contributed by atoms with van der Waals surface area (Å²) in [6.07, 6.45) is 8.51. The summed E-state index contributed by atoms with van der Waals surface area (Å²) in [5.41, 5.74) is 0.199. The highest BCUT2D eigenvalue weighted by Gasteiger charge is 2.35. The fourth-order valence-electron chi connectivity index (χ4n) is 3.80. The molecule has 1 atom stereocenters. The lowest BCUT2D eigenvalue weighted by molar-refractivity contribution is -0.125. The Hall–Kier alpha value is -0.870. The van der Waals surface area contributed by atoms with Gasteiger partial charge in [0.05, 0.1) is 5.92 Å². The molecule has 1 saturated carbocycles. The van der Waals surface area contributed by atoms with Gasteiger partial charge in [0.1, 0.15) is 0 Å². The molecule has 1 saturated heterocycles. The minimum absolute atomic E-state index is 0.169. The average Bonchev–Trinajstić information content (AvgIpc) is 3.09. The molecule has 1 aliphatic heterocycles. The Morgan fingerprint density at radius 1 is 1.33 bits per heavy atom. The molecule has 0 bridgehead atoms. The zero-order valence-electron chi connectivity index (χ0n) is 12.7. The molecule has 21 heavy (non-hydrogen) atoms. The zero-order valence-corrected chi connectivity index (χ0v) is 13.5. The monoisotopic (exact) mass is 306 g/mol. The number of hydrogen-bond acceptors (Lipinski definition) is 3. The van der Waals surface area contributed by atoms with Gasteiger partial charge in [-0.1, -0.05) is 25.3 Å². The van der Waals surface area contributed by atoms with Crippen molar-refractivity contribution in [2.24, 2.45) is 5.92 Å². The fraction of sp³-hybridized carbons (Fsp3) is 0.706. The van der Waals surface area contributed by atoms with Crippen LogP contribution >= 0.6 is 11.3 Å². The van der Waals surface area contributed by atoms with Crippen molar-refractivity contribution in [3.05, 3.63) is 22.4 Å². The number of carbonyl (C=O) groups excluding carboxylic acids is 1. The Labute approximate surface area is 131 Å². The zero-order chi connectivity index (χ0) is 14.5. The number of piperidine rings is 1. The van der Waals surface area contributed by atoms with Gasteiger partial charge < -0.3 is 10.6 Å². The molecule has 116 valence electrons. The normalized spacial score (nSPS) is 25.4. The average molecular weight is 306 g/mol. The van der Waals surface area contributed by atoms with E-state index in [2.05, 4.69) is 28.1 Å². The molecule has 2 N–H and O–H groups in total. The molecule has 0 aromatic carbocycles. The first-order valence-corrected chi connectivity index (χ1v) is 9.21. The Balaban J connectivity index is 1.63. The van der Waals surface area contributed by atoms with Gasteiger partial charge in [-0.2, -0.15) is 0 Å². The van der Waals surface area contributed by atoms with E-state index in [0.717, 1.165) is 32.5 Å². The Bertz CT molecular complexity index is 445. The minimum Gasteiger partial charge on any atom is -0.355 e. The van der Waals surface area contributed by atoms with E-state index in [1.807, 2.05) is 11.3 Å². The maximum Gasteiger partial charge on any atom is 0.224 e. The number of nitrogens with one attached hydrogen (secondary N) is 2. The largest absolute Gasteiger partial charge is 0.355 e. The van der Waals surface area contributed by atoms with E-state index in [0.29, 0.717) is 0 Å². The Morgan fingerprint density at radius 2 is 2.19 bits per heavy atom. The smallest absolute Gasteiger partial charge is 0.224 e. The maximum absolute atomic E-state index is 12.4. The third kappa shape index (κ3) is 3.49. The molecule has 1 aliphatic carbocycles. The molecule has 1 aromatic heterocycles. The highest BCUT2D eigenvalue weighted by atomic mass is 32.1. The molecule has 3 rings (SSSR count). The molecule has 1 unspecified atom stereocenters. The Kier molecular flexibility index (Phi) is 4.96. The molecule has 2 heterocycles. The number of amides is 1. The predicted octanol–water partition coefficient (Wildman–Crippen LogP) is 3.07. The SMILES string of the molecule is O=C(NCC1(c2cccs2)CCCCC1)C1CCCNC1. The lowest BCUT2D eigenvalue weighted by atomic mass is 9.73. The van der Waals surface area contributed by atoms with Crippen LogP contribution in [0, 0.1) is 5.92 Å². The maximum atomic E-state index is 12.4. The number of hydrogen-bond donors (Lipinski definition) is 2. The van der Waals surface area contributed by atoms with E-state index in [1.54, 1.807) is 0 Å². The quantitative estimate of drug-likeness (QED) is 0.897. The van der Waals surface area contributed by atoms with Gasteiger partial charge in [-0.05, 0) is 43.7 Å². The Morgan fingerprint density at radius 3 is 2.86 bits per heavy atom. The summed E-state index contributed by atoms with van der Waals surface area (Å²) in [5.74, 6) is 0.423. The molecule has 2 aliphatic rings. The topological polar surface area (TPSA) is 41.1 Å². The van der Waals surface area contributed by atoms with E-state index < -0.39 is 0 Å².